The molecule has 21 heavy (non-hydrogen) atoms. The van der Waals surface area contributed by atoms with Gasteiger partial charge in [-0.05, 0) is 0 Å². The summed E-state index contributed by atoms with van der Waals surface area (Å²) in [6, 6.07) is -0.319. The van der Waals surface area contributed by atoms with E-state index in [1.165, 1.54) is 0 Å². The Hall–Kier alpha value is -1.51. The van der Waals surface area contributed by atoms with Crippen LogP contribution < -0.4 is 10.6 Å². The molecule has 2 fully saturated rings. The Morgan fingerprint density at radius 2 is 2.19 bits per heavy atom. The number of rotatable bonds is 4. The molecule has 0 aromatic carbocycles. The zero-order valence-electron chi connectivity index (χ0n) is 12.1. The minimum Gasteiger partial charge on any atom is -0.381 e. The van der Waals surface area contributed by atoms with Gasteiger partial charge in [-0.2, -0.15) is 4.98 Å². The van der Waals surface area contributed by atoms with Crippen LogP contribution in [0.4, 0.5) is 0 Å². The van der Waals surface area contributed by atoms with Crippen LogP contribution in [0.15, 0.2) is 4.52 Å². The second kappa shape index (κ2) is 6.08. The van der Waals surface area contributed by atoms with Crippen molar-refractivity contribution >= 4 is 5.91 Å². The molecule has 116 valence electrons. The molecule has 2 N–H and O–H groups in total. The molecule has 3 heterocycles. The maximum absolute atomic E-state index is 11.7. The van der Waals surface area contributed by atoms with Crippen molar-refractivity contribution in [3.05, 3.63) is 11.7 Å². The van der Waals surface area contributed by atoms with Gasteiger partial charge in [-0.25, -0.2) is 0 Å². The highest BCUT2D eigenvalue weighted by atomic mass is 16.5. The summed E-state index contributed by atoms with van der Waals surface area (Å²) in [6.07, 6.45) is 1.78. The third-order valence-corrected chi connectivity index (χ3v) is 4.08. The van der Waals surface area contributed by atoms with E-state index in [1.807, 2.05) is 0 Å². The first-order chi connectivity index (χ1) is 10.2. The van der Waals surface area contributed by atoms with Gasteiger partial charge in [-0.15, -0.1) is 0 Å². The van der Waals surface area contributed by atoms with E-state index in [-0.39, 0.29) is 11.9 Å². The Balaban J connectivity index is 1.71. The molecule has 3 rings (SSSR count). The molecule has 8 heteroatoms. The van der Waals surface area contributed by atoms with E-state index >= 15 is 0 Å². The molecule has 8 nitrogen and oxygen atoms in total. The summed E-state index contributed by atoms with van der Waals surface area (Å²) in [5.41, 5.74) is -0.539. The van der Waals surface area contributed by atoms with E-state index in [9.17, 15) is 4.79 Å². The maximum Gasteiger partial charge on any atom is 0.237 e. The molecule has 1 aromatic heterocycles. The number of hydrogen-bond acceptors (Lipinski definition) is 7. The molecule has 0 spiro atoms. The molecule has 2 aliphatic rings. The van der Waals surface area contributed by atoms with Gasteiger partial charge in [0.05, 0.1) is 12.5 Å². The molecule has 0 bridgehead atoms. The van der Waals surface area contributed by atoms with E-state index in [4.69, 9.17) is 14.0 Å². The van der Waals surface area contributed by atoms with Crippen LogP contribution in [-0.2, 0) is 26.3 Å². The summed E-state index contributed by atoms with van der Waals surface area (Å²) in [6.45, 7) is 2.63. The van der Waals surface area contributed by atoms with Gasteiger partial charge in [0, 0.05) is 46.3 Å². The summed E-state index contributed by atoms with van der Waals surface area (Å²) >= 11 is 0. The van der Waals surface area contributed by atoms with Gasteiger partial charge in [0.15, 0.2) is 0 Å². The molecule has 0 radical (unpaired) electrons. The number of ether oxygens (including phenoxy) is 2. The molecule has 0 saturated carbocycles. The van der Waals surface area contributed by atoms with Crippen LogP contribution in [0, 0.1) is 0 Å². The lowest BCUT2D eigenvalue weighted by atomic mass is 9.93. The molecular formula is C13H20N4O4. The second-order valence-electron chi connectivity index (χ2n) is 5.32. The van der Waals surface area contributed by atoms with Gasteiger partial charge in [-0.1, -0.05) is 5.16 Å². The van der Waals surface area contributed by atoms with Crippen LogP contribution in [0.3, 0.4) is 0 Å². The fraction of sp³-hybridized carbons (Fsp3) is 0.769. The lowest BCUT2D eigenvalue weighted by molar-refractivity contribution is -0.124. The lowest BCUT2D eigenvalue weighted by Crippen LogP contribution is -2.53. The predicted octanol–water partition coefficient (Wildman–Crippen LogP) is -0.648. The largest absolute Gasteiger partial charge is 0.381 e. The smallest absolute Gasteiger partial charge is 0.237 e. The highest BCUT2D eigenvalue weighted by Crippen LogP contribution is 2.33. The normalized spacial score (nSPS) is 25.6. The van der Waals surface area contributed by atoms with Crippen LogP contribution in [0.1, 0.15) is 24.6 Å². The summed E-state index contributed by atoms with van der Waals surface area (Å²) in [4.78, 5) is 16.1. The number of methoxy groups -OCH3 is 1. The van der Waals surface area contributed by atoms with E-state index < -0.39 is 5.60 Å². The number of hydrogen-bond donors (Lipinski definition) is 2. The summed E-state index contributed by atoms with van der Waals surface area (Å²) in [5.74, 6) is 0.954. The number of amides is 1. The van der Waals surface area contributed by atoms with Crippen LogP contribution in [0.25, 0.3) is 0 Å². The molecule has 2 aliphatic heterocycles. The van der Waals surface area contributed by atoms with Crippen molar-refractivity contribution < 1.29 is 18.8 Å². The van der Waals surface area contributed by atoms with E-state index in [0.29, 0.717) is 50.7 Å². The topological polar surface area (TPSA) is 98.5 Å². The van der Waals surface area contributed by atoms with E-state index in [2.05, 4.69) is 20.8 Å². The zero-order valence-corrected chi connectivity index (χ0v) is 12.1. The highest BCUT2D eigenvalue weighted by Gasteiger charge is 2.39. The monoisotopic (exact) mass is 296 g/mol. The quantitative estimate of drug-likeness (QED) is 0.762. The third kappa shape index (κ3) is 2.92. The molecule has 1 atom stereocenters. The van der Waals surface area contributed by atoms with Gasteiger partial charge in [-0.3, -0.25) is 4.79 Å². The Bertz CT molecular complexity index is 498. The standard InChI is InChI=1S/C13H20N4O4/c1-19-13(2-6-20-7-3-13)12-16-10(21-17-12)8-9-11(18)15-5-4-14-9/h9,14H,2-8H2,1H3,(H,15,18). The lowest BCUT2D eigenvalue weighted by Gasteiger charge is -2.32. The van der Waals surface area contributed by atoms with Crippen molar-refractivity contribution in [1.29, 1.82) is 0 Å². The van der Waals surface area contributed by atoms with Crippen molar-refractivity contribution in [2.75, 3.05) is 33.4 Å². The summed E-state index contributed by atoms with van der Waals surface area (Å²) < 4.78 is 16.3. The van der Waals surface area contributed by atoms with Crippen molar-refractivity contribution in [2.24, 2.45) is 0 Å². The predicted molar refractivity (Wildman–Crippen MR) is 71.5 cm³/mol. The van der Waals surface area contributed by atoms with E-state index in [1.54, 1.807) is 7.11 Å². The zero-order chi connectivity index (χ0) is 14.7. The van der Waals surface area contributed by atoms with Crippen LogP contribution in [-0.4, -0.2) is 55.5 Å². The average Bonchev–Trinajstić information content (AvgIpc) is 2.99. The number of carbonyl (C=O) groups excluding carboxylic acids is 1. The SMILES string of the molecule is COC1(c2noc(CC3NCCNC3=O)n2)CCOCC1. The van der Waals surface area contributed by atoms with Crippen molar-refractivity contribution in [3.63, 3.8) is 0 Å². The molecule has 1 amide bonds. The Morgan fingerprint density at radius 1 is 1.38 bits per heavy atom. The molecule has 1 aromatic rings. The van der Waals surface area contributed by atoms with Crippen molar-refractivity contribution in [2.45, 2.75) is 30.9 Å². The fourth-order valence-corrected chi connectivity index (χ4v) is 2.73. The van der Waals surface area contributed by atoms with Crippen molar-refractivity contribution in [1.82, 2.24) is 20.8 Å². The van der Waals surface area contributed by atoms with Crippen LogP contribution in [0.5, 0.6) is 0 Å². The highest BCUT2D eigenvalue weighted by molar-refractivity contribution is 5.82. The number of carbonyl (C=O) groups is 1. The minimum atomic E-state index is -0.539. The maximum atomic E-state index is 11.7. The molecule has 1 unspecified atom stereocenters. The number of nitrogens with one attached hydrogen (secondary N) is 2. The van der Waals surface area contributed by atoms with E-state index in [0.717, 1.165) is 6.54 Å². The number of aromatic nitrogens is 2. The first-order valence-corrected chi connectivity index (χ1v) is 7.20. The molecule has 0 aliphatic carbocycles. The van der Waals surface area contributed by atoms with Gasteiger partial charge in [0.1, 0.15) is 5.60 Å². The fourth-order valence-electron chi connectivity index (χ4n) is 2.73. The first-order valence-electron chi connectivity index (χ1n) is 7.20. The molecule has 2 saturated heterocycles. The Labute approximate surface area is 122 Å². The van der Waals surface area contributed by atoms with Gasteiger partial charge in [0.25, 0.3) is 0 Å². The minimum absolute atomic E-state index is 0.0338. The van der Waals surface area contributed by atoms with Crippen LogP contribution in [0.2, 0.25) is 0 Å². The van der Waals surface area contributed by atoms with Gasteiger partial charge < -0.3 is 24.6 Å². The van der Waals surface area contributed by atoms with Crippen molar-refractivity contribution in [3.8, 4) is 0 Å². The second-order valence-corrected chi connectivity index (χ2v) is 5.32. The Morgan fingerprint density at radius 3 is 2.90 bits per heavy atom. The Kier molecular flexibility index (Phi) is 4.18. The summed E-state index contributed by atoms with van der Waals surface area (Å²) in [7, 11) is 1.65. The third-order valence-electron chi connectivity index (χ3n) is 4.08. The van der Waals surface area contributed by atoms with Crippen LogP contribution >= 0.6 is 0 Å². The number of piperazine rings is 1. The average molecular weight is 296 g/mol. The van der Waals surface area contributed by atoms with Gasteiger partial charge in [0.2, 0.25) is 17.6 Å². The summed E-state index contributed by atoms with van der Waals surface area (Å²) in [5, 5.41) is 9.99. The number of nitrogens with zero attached hydrogens (tertiary/aromatic N) is 2. The molecular weight excluding hydrogens is 276 g/mol. The first kappa shape index (κ1) is 14.4. The van der Waals surface area contributed by atoms with Gasteiger partial charge >= 0.3 is 0 Å².